The molecule has 1 aromatic carbocycles. The van der Waals surface area contributed by atoms with E-state index in [4.69, 9.17) is 11.6 Å². The quantitative estimate of drug-likeness (QED) is 0.738. The van der Waals surface area contributed by atoms with Gasteiger partial charge in [0.05, 0.1) is 5.69 Å². The Hall–Kier alpha value is -2.66. The number of rotatable bonds is 3. The van der Waals surface area contributed by atoms with Gasteiger partial charge in [0, 0.05) is 36.1 Å². The van der Waals surface area contributed by atoms with Crippen LogP contribution < -0.4 is 4.90 Å². The van der Waals surface area contributed by atoms with Gasteiger partial charge in [-0.1, -0.05) is 11.6 Å². The lowest BCUT2D eigenvalue weighted by atomic mass is 10.1. The van der Waals surface area contributed by atoms with Gasteiger partial charge in [0.1, 0.15) is 11.4 Å². The van der Waals surface area contributed by atoms with Crippen molar-refractivity contribution in [2.75, 3.05) is 11.9 Å². The molecule has 122 valence electrons. The van der Waals surface area contributed by atoms with Gasteiger partial charge in [-0.15, -0.1) is 0 Å². The van der Waals surface area contributed by atoms with Crippen molar-refractivity contribution < 1.29 is 9.59 Å². The molecule has 0 fully saturated rings. The zero-order chi connectivity index (χ0) is 17.4. The molecule has 0 spiro atoms. The summed E-state index contributed by atoms with van der Waals surface area (Å²) in [4.78, 5) is 33.5. The van der Waals surface area contributed by atoms with E-state index in [0.717, 1.165) is 10.9 Å². The number of H-pyrrole nitrogens is 1. The highest BCUT2D eigenvalue weighted by atomic mass is 35.5. The number of amides is 1. The third-order valence-electron chi connectivity index (χ3n) is 3.92. The Morgan fingerprint density at radius 3 is 2.62 bits per heavy atom. The van der Waals surface area contributed by atoms with Crippen LogP contribution in [0.1, 0.15) is 28.7 Å². The minimum Gasteiger partial charge on any atom is -0.350 e. The molecule has 0 aliphatic carbocycles. The van der Waals surface area contributed by atoms with Gasteiger partial charge in [-0.2, -0.15) is 0 Å². The summed E-state index contributed by atoms with van der Waals surface area (Å²) >= 11 is 6.04. The normalized spacial score (nSPS) is 10.8. The second kappa shape index (κ2) is 6.09. The van der Waals surface area contributed by atoms with Gasteiger partial charge in [0.25, 0.3) is 0 Å². The number of nitrogens with one attached hydrogen (secondary N) is 1. The van der Waals surface area contributed by atoms with Crippen molar-refractivity contribution in [3.8, 4) is 0 Å². The zero-order valence-corrected chi connectivity index (χ0v) is 14.3. The molecule has 0 saturated heterocycles. The van der Waals surface area contributed by atoms with Gasteiger partial charge in [-0.3, -0.25) is 14.6 Å². The van der Waals surface area contributed by atoms with E-state index in [2.05, 4.69) is 9.97 Å². The van der Waals surface area contributed by atoms with Crippen molar-refractivity contribution in [2.45, 2.75) is 13.8 Å². The monoisotopic (exact) mass is 341 g/mol. The van der Waals surface area contributed by atoms with E-state index in [1.54, 1.807) is 37.5 Å². The number of fused-ring (bicyclic) bond motifs is 1. The minimum absolute atomic E-state index is 0.169. The lowest BCUT2D eigenvalue weighted by molar-refractivity contribution is -0.116. The van der Waals surface area contributed by atoms with Gasteiger partial charge in [0.15, 0.2) is 0 Å². The highest BCUT2D eigenvalue weighted by molar-refractivity contribution is 6.31. The van der Waals surface area contributed by atoms with E-state index in [0.29, 0.717) is 27.6 Å². The van der Waals surface area contributed by atoms with E-state index in [-0.39, 0.29) is 11.7 Å². The Bertz CT molecular complexity index is 962. The van der Waals surface area contributed by atoms with Crippen molar-refractivity contribution >= 4 is 39.9 Å². The number of aromatic nitrogens is 2. The zero-order valence-electron chi connectivity index (χ0n) is 13.6. The lowest BCUT2D eigenvalue weighted by Gasteiger charge is -2.16. The fourth-order valence-electron chi connectivity index (χ4n) is 2.61. The number of carbonyl (C=O) groups is 2. The van der Waals surface area contributed by atoms with Crippen molar-refractivity contribution in [1.82, 2.24) is 9.97 Å². The molecule has 0 aliphatic rings. The smallest absolute Gasteiger partial charge is 0.229 e. The molecule has 0 aliphatic heterocycles. The van der Waals surface area contributed by atoms with Crippen LogP contribution >= 0.6 is 11.6 Å². The summed E-state index contributed by atoms with van der Waals surface area (Å²) in [6.07, 6.45) is 1.59. The van der Waals surface area contributed by atoms with Crippen LogP contribution in [0.5, 0.6) is 0 Å². The highest BCUT2D eigenvalue weighted by Crippen LogP contribution is 2.33. The number of anilines is 1. The molecular formula is C18H16ClN3O2. The third kappa shape index (κ3) is 2.78. The van der Waals surface area contributed by atoms with Crippen LogP contribution in [0.2, 0.25) is 5.02 Å². The van der Waals surface area contributed by atoms with Gasteiger partial charge in [0.2, 0.25) is 11.7 Å². The Labute approximate surface area is 144 Å². The first-order valence-corrected chi connectivity index (χ1v) is 7.79. The van der Waals surface area contributed by atoms with Gasteiger partial charge < -0.3 is 9.88 Å². The number of hydrogen-bond donors (Lipinski definition) is 1. The van der Waals surface area contributed by atoms with E-state index in [1.807, 2.05) is 13.0 Å². The number of aromatic amines is 1. The molecule has 1 N–H and O–H groups in total. The molecule has 1 amide bonds. The molecule has 24 heavy (non-hydrogen) atoms. The van der Waals surface area contributed by atoms with Gasteiger partial charge in [-0.25, -0.2) is 0 Å². The predicted octanol–water partition coefficient (Wildman–Crippen LogP) is 3.74. The summed E-state index contributed by atoms with van der Waals surface area (Å²) in [7, 11) is 1.64. The Morgan fingerprint density at radius 2 is 1.96 bits per heavy atom. The first kappa shape index (κ1) is 16.2. The molecule has 0 atom stereocenters. The van der Waals surface area contributed by atoms with E-state index in [1.165, 1.54) is 11.8 Å². The van der Waals surface area contributed by atoms with Crippen molar-refractivity contribution in [3.63, 3.8) is 0 Å². The maximum Gasteiger partial charge on any atom is 0.229 e. The highest BCUT2D eigenvalue weighted by Gasteiger charge is 2.24. The fourth-order valence-corrected chi connectivity index (χ4v) is 2.79. The van der Waals surface area contributed by atoms with Crippen LogP contribution in [0.15, 0.2) is 36.5 Å². The summed E-state index contributed by atoms with van der Waals surface area (Å²) in [5, 5.41) is 1.31. The molecule has 0 unspecified atom stereocenters. The predicted molar refractivity (Wildman–Crippen MR) is 94.8 cm³/mol. The largest absolute Gasteiger partial charge is 0.350 e. The van der Waals surface area contributed by atoms with E-state index >= 15 is 0 Å². The number of aryl methyl sites for hydroxylation is 1. The van der Waals surface area contributed by atoms with Gasteiger partial charge >= 0.3 is 0 Å². The summed E-state index contributed by atoms with van der Waals surface area (Å²) in [5.74, 6) is -0.439. The molecule has 3 rings (SSSR count). The third-order valence-corrected chi connectivity index (χ3v) is 4.15. The molecule has 0 radical (unpaired) electrons. The van der Waals surface area contributed by atoms with Crippen molar-refractivity contribution in [3.05, 3.63) is 58.5 Å². The van der Waals surface area contributed by atoms with Crippen molar-refractivity contribution in [1.29, 1.82) is 0 Å². The summed E-state index contributed by atoms with van der Waals surface area (Å²) in [6.45, 7) is 3.35. The van der Waals surface area contributed by atoms with Crippen LogP contribution in [0, 0.1) is 6.92 Å². The van der Waals surface area contributed by atoms with Crippen LogP contribution in [0.3, 0.4) is 0 Å². The number of hydrogen-bond acceptors (Lipinski definition) is 3. The number of benzene rings is 1. The average Bonchev–Trinajstić information content (AvgIpc) is 2.91. The van der Waals surface area contributed by atoms with E-state index < -0.39 is 0 Å². The average molecular weight is 342 g/mol. The first-order valence-electron chi connectivity index (χ1n) is 7.41. The van der Waals surface area contributed by atoms with Crippen molar-refractivity contribution in [2.24, 2.45) is 0 Å². The standard InChI is InChI=1S/C18H16ClN3O2/c1-10-6-7-20-15(8-10)18(24)16-17(22(3)11(2)23)13-5-4-12(19)9-14(13)21-16/h4-9,21H,1-3H3. The Balaban J connectivity index is 2.24. The molecule has 5 nitrogen and oxygen atoms in total. The molecule has 0 saturated carbocycles. The lowest BCUT2D eigenvalue weighted by Crippen LogP contribution is -2.24. The molecule has 2 aromatic heterocycles. The fraction of sp³-hybridized carbons (Fsp3) is 0.167. The maximum atomic E-state index is 12.9. The molecule has 2 heterocycles. The SMILES string of the molecule is CC(=O)N(C)c1c(C(=O)c2cc(C)ccn2)[nH]c2cc(Cl)ccc12. The van der Waals surface area contributed by atoms with E-state index in [9.17, 15) is 9.59 Å². The molecule has 6 heteroatoms. The number of halogens is 1. The van der Waals surface area contributed by atoms with Crippen LogP contribution in [-0.2, 0) is 4.79 Å². The molecular weight excluding hydrogens is 326 g/mol. The van der Waals surface area contributed by atoms with Gasteiger partial charge in [-0.05, 0) is 42.8 Å². The van der Waals surface area contributed by atoms with Crippen LogP contribution in [0.4, 0.5) is 5.69 Å². The maximum absolute atomic E-state index is 12.9. The summed E-state index contributed by atoms with van der Waals surface area (Å²) in [5.41, 5.74) is 2.81. The first-order chi connectivity index (χ1) is 11.4. The molecule has 0 bridgehead atoms. The topological polar surface area (TPSA) is 66.1 Å². The summed E-state index contributed by atoms with van der Waals surface area (Å²) < 4.78 is 0. The number of carbonyl (C=O) groups excluding carboxylic acids is 2. The van der Waals surface area contributed by atoms with Crippen LogP contribution in [-0.4, -0.2) is 28.7 Å². The Morgan fingerprint density at radius 1 is 1.21 bits per heavy atom. The second-order valence-electron chi connectivity index (χ2n) is 5.66. The number of ketones is 1. The minimum atomic E-state index is -0.269. The number of pyridine rings is 1. The van der Waals surface area contributed by atoms with Crippen LogP contribution in [0.25, 0.3) is 10.9 Å². The Kier molecular flexibility index (Phi) is 4.11. The second-order valence-corrected chi connectivity index (χ2v) is 6.10. The summed E-state index contributed by atoms with van der Waals surface area (Å²) in [6, 6.07) is 8.80. The molecule has 3 aromatic rings. The number of nitrogens with zero attached hydrogens (tertiary/aromatic N) is 2.